The summed E-state index contributed by atoms with van der Waals surface area (Å²) in [5.74, 6) is -0.663. The van der Waals surface area contributed by atoms with Crippen LogP contribution >= 0.6 is 0 Å². The number of hydrogen-bond acceptors (Lipinski definition) is 3. The lowest BCUT2D eigenvalue weighted by molar-refractivity contribution is -0.141. The lowest BCUT2D eigenvalue weighted by atomic mass is 10.4. The molecular formula is C9H17NO3. The van der Waals surface area contributed by atoms with Crippen molar-refractivity contribution in [1.82, 2.24) is 0 Å². The zero-order valence-electron chi connectivity index (χ0n) is 8.21. The molecule has 2 N–H and O–H groups in total. The fraction of sp³-hybridized carbons (Fsp3) is 0.556. The number of esters is 1. The van der Waals surface area contributed by atoms with Gasteiger partial charge >= 0.3 is 5.97 Å². The highest BCUT2D eigenvalue weighted by Crippen LogP contribution is 1.86. The van der Waals surface area contributed by atoms with Gasteiger partial charge in [-0.25, -0.2) is 0 Å². The molecule has 0 unspecified atom stereocenters. The van der Waals surface area contributed by atoms with Gasteiger partial charge in [0.25, 0.3) is 0 Å². The van der Waals surface area contributed by atoms with Crippen molar-refractivity contribution < 1.29 is 14.3 Å². The van der Waals surface area contributed by atoms with Crippen molar-refractivity contribution >= 4 is 11.9 Å². The second kappa shape index (κ2) is 10.7. The van der Waals surface area contributed by atoms with Gasteiger partial charge in [-0.3, -0.25) is 9.59 Å². The first-order chi connectivity index (χ1) is 6.04. The molecule has 0 aliphatic rings. The maximum atomic E-state index is 10.1. The highest BCUT2D eigenvalue weighted by Gasteiger charge is 1.88. The summed E-state index contributed by atoms with van der Waals surface area (Å²) in [5.41, 5.74) is 4.53. The molecule has 0 aromatic heterocycles. The maximum absolute atomic E-state index is 10.1. The van der Waals surface area contributed by atoms with Gasteiger partial charge in [-0.1, -0.05) is 19.9 Å². The van der Waals surface area contributed by atoms with Crippen LogP contribution in [0.2, 0.25) is 0 Å². The average Bonchev–Trinajstić information content (AvgIpc) is 2.05. The smallest absolute Gasteiger partial charge is 0.302 e. The molecule has 0 spiro atoms. The molecule has 0 aliphatic carbocycles. The molecule has 0 aromatic carbocycles. The number of hydrogen-bond donors (Lipinski definition) is 1. The Bertz CT molecular complexity index is 166. The summed E-state index contributed by atoms with van der Waals surface area (Å²) < 4.78 is 4.64. The summed E-state index contributed by atoms with van der Waals surface area (Å²) in [6, 6.07) is 0. The molecule has 0 saturated heterocycles. The molecule has 13 heavy (non-hydrogen) atoms. The normalized spacial score (nSPS) is 7.85. The number of rotatable bonds is 4. The Morgan fingerprint density at radius 1 is 1.54 bits per heavy atom. The Kier molecular flexibility index (Phi) is 11.7. The summed E-state index contributed by atoms with van der Waals surface area (Å²) in [5, 5.41) is 0. The van der Waals surface area contributed by atoms with E-state index in [-0.39, 0.29) is 5.97 Å². The fourth-order valence-electron chi connectivity index (χ4n) is 0.360. The number of carbonyl (C=O) groups is 2. The van der Waals surface area contributed by atoms with Crippen LogP contribution in [0.15, 0.2) is 12.7 Å². The first-order valence-corrected chi connectivity index (χ1v) is 4.09. The molecule has 0 radical (unpaired) electrons. The van der Waals surface area contributed by atoms with Gasteiger partial charge in [0.15, 0.2) is 0 Å². The van der Waals surface area contributed by atoms with Gasteiger partial charge in [0.1, 0.15) is 0 Å². The second-order valence-electron chi connectivity index (χ2n) is 2.30. The third-order valence-electron chi connectivity index (χ3n) is 1.00. The molecule has 0 atom stereocenters. The third-order valence-corrected chi connectivity index (χ3v) is 1.00. The fourth-order valence-corrected chi connectivity index (χ4v) is 0.360. The molecule has 1 amide bonds. The number of carbonyl (C=O) groups excluding carboxylic acids is 2. The number of unbranched alkanes of at least 4 members (excludes halogenated alkanes) is 1. The van der Waals surface area contributed by atoms with Crippen LogP contribution in [0, 0.1) is 0 Å². The number of primary amides is 1. The Morgan fingerprint density at radius 2 is 2.00 bits per heavy atom. The summed E-state index contributed by atoms with van der Waals surface area (Å²) in [7, 11) is 0. The van der Waals surface area contributed by atoms with Crippen LogP contribution in [0.3, 0.4) is 0 Å². The number of amides is 1. The van der Waals surface area contributed by atoms with Gasteiger partial charge < -0.3 is 10.5 Å². The van der Waals surface area contributed by atoms with E-state index < -0.39 is 5.91 Å². The molecule has 0 fully saturated rings. The quantitative estimate of drug-likeness (QED) is 0.405. The molecule has 0 aliphatic heterocycles. The van der Waals surface area contributed by atoms with Crippen molar-refractivity contribution in [1.29, 1.82) is 0 Å². The Balaban J connectivity index is 0. The van der Waals surface area contributed by atoms with Crippen LogP contribution in [-0.2, 0) is 14.3 Å². The van der Waals surface area contributed by atoms with Crippen LogP contribution in [-0.4, -0.2) is 18.5 Å². The Labute approximate surface area is 78.8 Å². The molecule has 0 aromatic rings. The largest absolute Gasteiger partial charge is 0.466 e. The van der Waals surface area contributed by atoms with Crippen LogP contribution in [0.25, 0.3) is 0 Å². The lowest BCUT2D eigenvalue weighted by Crippen LogP contribution is -2.04. The van der Waals surface area contributed by atoms with Crippen molar-refractivity contribution in [2.75, 3.05) is 6.61 Å². The topological polar surface area (TPSA) is 69.4 Å². The van der Waals surface area contributed by atoms with Crippen LogP contribution in [0.4, 0.5) is 0 Å². The molecule has 0 saturated carbocycles. The zero-order valence-corrected chi connectivity index (χ0v) is 8.21. The second-order valence-corrected chi connectivity index (χ2v) is 2.30. The van der Waals surface area contributed by atoms with Gasteiger partial charge in [-0.05, 0) is 12.5 Å². The van der Waals surface area contributed by atoms with E-state index >= 15 is 0 Å². The molecule has 0 heterocycles. The minimum atomic E-state index is -0.481. The third kappa shape index (κ3) is 24.9. The van der Waals surface area contributed by atoms with E-state index in [1.807, 2.05) is 0 Å². The van der Waals surface area contributed by atoms with Gasteiger partial charge in [-0.15, -0.1) is 0 Å². The van der Waals surface area contributed by atoms with E-state index in [9.17, 15) is 9.59 Å². The number of nitrogens with two attached hydrogens (primary N) is 1. The minimum Gasteiger partial charge on any atom is -0.466 e. The van der Waals surface area contributed by atoms with Crippen molar-refractivity contribution in [2.45, 2.75) is 26.7 Å². The van der Waals surface area contributed by atoms with E-state index in [0.29, 0.717) is 6.61 Å². The first-order valence-electron chi connectivity index (χ1n) is 4.09. The van der Waals surface area contributed by atoms with E-state index in [0.717, 1.165) is 18.9 Å². The molecule has 4 heteroatoms. The number of ether oxygens (including phenoxy) is 1. The first kappa shape index (κ1) is 14.2. The van der Waals surface area contributed by atoms with Crippen LogP contribution in [0.1, 0.15) is 26.7 Å². The van der Waals surface area contributed by atoms with Gasteiger partial charge in [0.05, 0.1) is 6.61 Å². The van der Waals surface area contributed by atoms with Crippen molar-refractivity contribution in [3.8, 4) is 0 Å². The predicted octanol–water partition coefficient (Wildman–Crippen LogP) is 1.01. The molecule has 0 rings (SSSR count). The van der Waals surface area contributed by atoms with Crippen molar-refractivity contribution in [2.24, 2.45) is 5.73 Å². The zero-order chi connectivity index (χ0) is 10.7. The molecule has 4 nitrogen and oxygen atoms in total. The van der Waals surface area contributed by atoms with Gasteiger partial charge in [0, 0.05) is 6.92 Å². The summed E-state index contributed by atoms with van der Waals surface area (Å²) >= 11 is 0. The summed E-state index contributed by atoms with van der Waals surface area (Å²) in [4.78, 5) is 19.6. The standard InChI is InChI=1S/C6H12O2.C3H5NO/c1-3-4-5-8-6(2)7;1-2-3(4)5/h3-5H2,1-2H3;2H,1H2,(H2,4,5). The van der Waals surface area contributed by atoms with Crippen LogP contribution in [0.5, 0.6) is 0 Å². The molecule has 0 bridgehead atoms. The maximum Gasteiger partial charge on any atom is 0.302 e. The minimum absolute atomic E-state index is 0.182. The Hall–Kier alpha value is -1.32. The van der Waals surface area contributed by atoms with Crippen molar-refractivity contribution in [3.05, 3.63) is 12.7 Å². The summed E-state index contributed by atoms with van der Waals surface area (Å²) in [6.45, 7) is 7.15. The van der Waals surface area contributed by atoms with Crippen molar-refractivity contribution in [3.63, 3.8) is 0 Å². The van der Waals surface area contributed by atoms with Gasteiger partial charge in [-0.2, -0.15) is 0 Å². The van der Waals surface area contributed by atoms with E-state index in [2.05, 4.69) is 24.0 Å². The Morgan fingerprint density at radius 3 is 2.23 bits per heavy atom. The van der Waals surface area contributed by atoms with E-state index in [4.69, 9.17) is 0 Å². The van der Waals surface area contributed by atoms with E-state index in [1.165, 1.54) is 6.92 Å². The predicted molar refractivity (Wildman–Crippen MR) is 50.9 cm³/mol. The monoisotopic (exact) mass is 187 g/mol. The molecule has 76 valence electrons. The highest BCUT2D eigenvalue weighted by molar-refractivity contribution is 5.84. The van der Waals surface area contributed by atoms with Crippen LogP contribution < -0.4 is 5.73 Å². The van der Waals surface area contributed by atoms with E-state index in [1.54, 1.807) is 0 Å². The highest BCUT2D eigenvalue weighted by atomic mass is 16.5. The molecular weight excluding hydrogens is 170 g/mol. The average molecular weight is 187 g/mol. The lowest BCUT2D eigenvalue weighted by Gasteiger charge is -1.96. The van der Waals surface area contributed by atoms with Gasteiger partial charge in [0.2, 0.25) is 5.91 Å². The summed E-state index contributed by atoms with van der Waals surface area (Å²) in [6.07, 6.45) is 3.10. The SMILES string of the molecule is C=CC(N)=O.CCCCOC(C)=O.